The summed E-state index contributed by atoms with van der Waals surface area (Å²) in [6.45, 7) is 15.7. The average Bonchev–Trinajstić information content (AvgIpc) is 2.82. The summed E-state index contributed by atoms with van der Waals surface area (Å²) in [7, 11) is 0. The van der Waals surface area contributed by atoms with Crippen LogP contribution >= 0.6 is 23.2 Å². The number of carbonyl (C=O) groups is 3. The molecule has 9 nitrogen and oxygen atoms in total. The third-order valence-corrected chi connectivity index (χ3v) is 7.09. The highest BCUT2D eigenvalue weighted by atomic mass is 35.5. The van der Waals surface area contributed by atoms with Crippen molar-refractivity contribution >= 4 is 41.2 Å². The van der Waals surface area contributed by atoms with Crippen LogP contribution in [0.2, 0.25) is 10.0 Å². The smallest absolute Gasteiger partial charge is 0.338 e. The minimum atomic E-state index is -0.774. The van der Waals surface area contributed by atoms with Gasteiger partial charge in [0.2, 0.25) is 0 Å². The summed E-state index contributed by atoms with van der Waals surface area (Å²) >= 11 is 12.4. The standard InChI is InChI=1S/C27H37Cl2N5O4/c1-7-11-34-21(16-32-12-13-33(17(3)15-32)26(37)31-27(4,5)6)22(24(35)38-8-2)23(30-25(34)36)18-9-10-19(28)20(29)14-18/h7,9-10,14,17,23H,1,8,11-13,15-16H2,2-6H3,(H,30,36)(H,31,37). The molecule has 2 N–H and O–H groups in total. The van der Waals surface area contributed by atoms with Crippen LogP contribution in [-0.2, 0) is 9.53 Å². The van der Waals surface area contributed by atoms with Crippen LogP contribution in [0.5, 0.6) is 0 Å². The van der Waals surface area contributed by atoms with E-state index >= 15 is 0 Å². The van der Waals surface area contributed by atoms with E-state index in [0.717, 1.165) is 0 Å². The van der Waals surface area contributed by atoms with E-state index in [1.54, 1.807) is 31.2 Å². The first-order valence-corrected chi connectivity index (χ1v) is 13.5. The van der Waals surface area contributed by atoms with Gasteiger partial charge in [0.05, 0.1) is 28.3 Å². The molecule has 1 fully saturated rings. The van der Waals surface area contributed by atoms with Gasteiger partial charge in [0.1, 0.15) is 0 Å². The lowest BCUT2D eigenvalue weighted by Gasteiger charge is -2.43. The van der Waals surface area contributed by atoms with Crippen molar-refractivity contribution in [2.24, 2.45) is 0 Å². The number of piperazine rings is 1. The molecule has 0 radical (unpaired) electrons. The lowest BCUT2D eigenvalue weighted by atomic mass is 9.94. The van der Waals surface area contributed by atoms with Gasteiger partial charge in [-0.1, -0.05) is 35.3 Å². The third kappa shape index (κ3) is 7.01. The molecule has 0 aromatic heterocycles. The van der Waals surface area contributed by atoms with Gasteiger partial charge in [-0.2, -0.15) is 0 Å². The fraction of sp³-hybridized carbons (Fsp3) is 0.519. The Morgan fingerprint density at radius 3 is 2.53 bits per heavy atom. The molecule has 38 heavy (non-hydrogen) atoms. The molecular formula is C27H37Cl2N5O4. The number of carbonyl (C=O) groups excluding carboxylic acids is 3. The van der Waals surface area contributed by atoms with Crippen molar-refractivity contribution in [2.75, 3.05) is 39.3 Å². The van der Waals surface area contributed by atoms with E-state index < -0.39 is 12.0 Å². The fourth-order valence-corrected chi connectivity index (χ4v) is 4.98. The van der Waals surface area contributed by atoms with Gasteiger partial charge in [-0.25, -0.2) is 14.4 Å². The lowest BCUT2D eigenvalue weighted by Crippen LogP contribution is -2.59. The molecule has 1 saturated heterocycles. The van der Waals surface area contributed by atoms with Crippen LogP contribution in [0.3, 0.4) is 0 Å². The lowest BCUT2D eigenvalue weighted by molar-refractivity contribution is -0.139. The van der Waals surface area contributed by atoms with Crippen LogP contribution in [-0.4, -0.2) is 83.6 Å². The molecule has 2 unspecified atom stereocenters. The molecule has 0 spiro atoms. The van der Waals surface area contributed by atoms with Gasteiger partial charge in [0, 0.05) is 50.0 Å². The molecule has 0 aliphatic carbocycles. The number of urea groups is 2. The van der Waals surface area contributed by atoms with Crippen LogP contribution in [0.15, 0.2) is 42.1 Å². The van der Waals surface area contributed by atoms with Gasteiger partial charge in [0.25, 0.3) is 0 Å². The zero-order valence-electron chi connectivity index (χ0n) is 22.6. The van der Waals surface area contributed by atoms with E-state index in [0.29, 0.717) is 53.1 Å². The number of ether oxygens (including phenoxy) is 1. The zero-order chi connectivity index (χ0) is 28.2. The molecule has 3 rings (SSSR count). The van der Waals surface area contributed by atoms with Crippen molar-refractivity contribution in [3.63, 3.8) is 0 Å². The summed E-state index contributed by atoms with van der Waals surface area (Å²) < 4.78 is 5.44. The maximum atomic E-state index is 13.4. The second kappa shape index (κ2) is 12.4. The minimum absolute atomic E-state index is 0.0751. The zero-order valence-corrected chi connectivity index (χ0v) is 24.2. The Bertz CT molecular complexity index is 1120. The van der Waals surface area contributed by atoms with Crippen LogP contribution in [0.4, 0.5) is 9.59 Å². The number of hydrogen-bond acceptors (Lipinski definition) is 5. The second-order valence-electron chi connectivity index (χ2n) is 10.5. The number of esters is 1. The summed E-state index contributed by atoms with van der Waals surface area (Å²) in [4.78, 5) is 44.9. The quantitative estimate of drug-likeness (QED) is 0.373. The van der Waals surface area contributed by atoms with Crippen molar-refractivity contribution < 1.29 is 19.1 Å². The number of hydrogen-bond donors (Lipinski definition) is 2. The van der Waals surface area contributed by atoms with E-state index in [4.69, 9.17) is 27.9 Å². The molecule has 2 aliphatic rings. The molecule has 1 aromatic rings. The normalized spacial score (nSPS) is 20.8. The first kappa shape index (κ1) is 29.8. The average molecular weight is 567 g/mol. The minimum Gasteiger partial charge on any atom is -0.463 e. The number of nitrogens with one attached hydrogen (secondary N) is 2. The molecule has 2 heterocycles. The Balaban J connectivity index is 1.98. The summed E-state index contributed by atoms with van der Waals surface area (Å²) in [6, 6.07) is 3.68. The van der Waals surface area contributed by atoms with Crippen LogP contribution in [0, 0.1) is 0 Å². The van der Waals surface area contributed by atoms with Crippen molar-refractivity contribution in [1.82, 2.24) is 25.3 Å². The van der Waals surface area contributed by atoms with Gasteiger partial charge in [0.15, 0.2) is 0 Å². The molecule has 0 bridgehead atoms. The van der Waals surface area contributed by atoms with Gasteiger partial charge < -0.3 is 20.3 Å². The topological polar surface area (TPSA) is 94.2 Å². The highest BCUT2D eigenvalue weighted by molar-refractivity contribution is 6.42. The predicted molar refractivity (Wildman–Crippen MR) is 149 cm³/mol. The molecule has 2 aliphatic heterocycles. The fourth-order valence-electron chi connectivity index (χ4n) is 4.67. The molecule has 1 aromatic carbocycles. The number of halogens is 2. The third-order valence-electron chi connectivity index (χ3n) is 6.35. The Morgan fingerprint density at radius 2 is 1.95 bits per heavy atom. The monoisotopic (exact) mass is 565 g/mol. The van der Waals surface area contributed by atoms with Crippen LogP contribution in [0.25, 0.3) is 0 Å². The molecule has 208 valence electrons. The van der Waals surface area contributed by atoms with Crippen molar-refractivity contribution in [2.45, 2.75) is 52.2 Å². The Hall–Kier alpha value is -2.75. The van der Waals surface area contributed by atoms with Crippen LogP contribution in [0.1, 0.15) is 46.2 Å². The van der Waals surface area contributed by atoms with Gasteiger partial charge >= 0.3 is 18.0 Å². The van der Waals surface area contributed by atoms with Crippen LogP contribution < -0.4 is 10.6 Å². The Labute approximate surface area is 234 Å². The molecule has 2 atom stereocenters. The number of benzene rings is 1. The first-order valence-electron chi connectivity index (χ1n) is 12.7. The first-order chi connectivity index (χ1) is 17.9. The summed E-state index contributed by atoms with van der Waals surface area (Å²) in [5.41, 5.74) is 1.13. The number of amides is 4. The predicted octanol–water partition coefficient (Wildman–Crippen LogP) is 4.58. The van der Waals surface area contributed by atoms with E-state index in [1.807, 2.05) is 32.6 Å². The van der Waals surface area contributed by atoms with Crippen molar-refractivity contribution in [3.8, 4) is 0 Å². The SMILES string of the molecule is C=CCN1C(=O)NC(c2ccc(Cl)c(Cl)c2)C(C(=O)OCC)=C1CN1CCN(C(=O)NC(C)(C)C)C(C)C1. The maximum Gasteiger partial charge on any atom is 0.338 e. The number of nitrogens with zero attached hydrogens (tertiary/aromatic N) is 3. The number of rotatable bonds is 7. The van der Waals surface area contributed by atoms with E-state index in [9.17, 15) is 14.4 Å². The summed E-state index contributed by atoms with van der Waals surface area (Å²) in [5.74, 6) is -0.524. The van der Waals surface area contributed by atoms with Gasteiger partial charge in [-0.3, -0.25) is 9.80 Å². The van der Waals surface area contributed by atoms with Gasteiger partial charge in [-0.15, -0.1) is 6.58 Å². The van der Waals surface area contributed by atoms with E-state index in [2.05, 4.69) is 22.1 Å². The van der Waals surface area contributed by atoms with Gasteiger partial charge in [-0.05, 0) is 52.3 Å². The Kier molecular flexibility index (Phi) is 9.73. The summed E-state index contributed by atoms with van der Waals surface area (Å²) in [6.07, 6.45) is 1.61. The molecule has 4 amide bonds. The van der Waals surface area contributed by atoms with E-state index in [1.165, 1.54) is 4.90 Å². The molecular weight excluding hydrogens is 529 g/mol. The Morgan fingerprint density at radius 1 is 1.24 bits per heavy atom. The molecule has 11 heteroatoms. The largest absolute Gasteiger partial charge is 0.463 e. The molecule has 0 saturated carbocycles. The maximum absolute atomic E-state index is 13.4. The highest BCUT2D eigenvalue weighted by Gasteiger charge is 2.39. The van der Waals surface area contributed by atoms with Crippen molar-refractivity contribution in [3.05, 3.63) is 57.7 Å². The van der Waals surface area contributed by atoms with Crippen molar-refractivity contribution in [1.29, 1.82) is 0 Å². The van der Waals surface area contributed by atoms with E-state index in [-0.39, 0.29) is 36.8 Å². The summed E-state index contributed by atoms with van der Waals surface area (Å²) in [5, 5.41) is 6.63. The second-order valence-corrected chi connectivity index (χ2v) is 11.3. The highest BCUT2D eigenvalue weighted by Crippen LogP contribution is 2.35.